The first-order chi connectivity index (χ1) is 7.65. The van der Waals surface area contributed by atoms with E-state index in [1.54, 1.807) is 6.07 Å². The van der Waals surface area contributed by atoms with Gasteiger partial charge in [-0.3, -0.25) is 4.90 Å². The number of hydrogen-bond donors (Lipinski definition) is 2. The number of furan rings is 1. The number of nitrogens with zero attached hydrogens (tertiary/aromatic N) is 1. The molecule has 88 valence electrons. The largest absolute Gasteiger partial charge is 0.475 e. The Morgan fingerprint density at radius 3 is 2.75 bits per heavy atom. The van der Waals surface area contributed by atoms with E-state index in [4.69, 9.17) is 15.3 Å². The predicted molar refractivity (Wildman–Crippen MR) is 58.2 cm³/mol. The van der Waals surface area contributed by atoms with E-state index in [0.29, 0.717) is 18.3 Å². The first kappa shape index (κ1) is 11.2. The molecule has 1 aliphatic heterocycles. The fourth-order valence-electron chi connectivity index (χ4n) is 1.91. The van der Waals surface area contributed by atoms with Crippen LogP contribution < -0.4 is 5.73 Å². The zero-order chi connectivity index (χ0) is 11.5. The number of nitrogens with two attached hydrogens (primary N) is 1. The van der Waals surface area contributed by atoms with E-state index in [2.05, 4.69) is 4.90 Å². The van der Waals surface area contributed by atoms with Gasteiger partial charge in [-0.1, -0.05) is 0 Å². The Balaban J connectivity index is 1.91. The van der Waals surface area contributed by atoms with Gasteiger partial charge in [-0.05, 0) is 25.0 Å². The molecule has 1 fully saturated rings. The average Bonchev–Trinajstić information content (AvgIpc) is 2.70. The summed E-state index contributed by atoms with van der Waals surface area (Å²) in [6.07, 6.45) is 1.99. The van der Waals surface area contributed by atoms with Crippen LogP contribution in [0, 0.1) is 0 Å². The summed E-state index contributed by atoms with van der Waals surface area (Å²) in [5.41, 5.74) is 5.81. The molecule has 0 unspecified atom stereocenters. The predicted octanol–water partition coefficient (Wildman–Crippen LogP) is 0.901. The molecular formula is C11H16N2O3. The van der Waals surface area contributed by atoms with E-state index in [0.717, 1.165) is 25.9 Å². The fraction of sp³-hybridized carbons (Fsp3) is 0.545. The highest BCUT2D eigenvalue weighted by Crippen LogP contribution is 2.14. The van der Waals surface area contributed by atoms with Crippen LogP contribution in [0.1, 0.15) is 29.2 Å². The van der Waals surface area contributed by atoms with Crippen molar-refractivity contribution in [3.8, 4) is 0 Å². The van der Waals surface area contributed by atoms with Crippen LogP contribution in [0.2, 0.25) is 0 Å². The summed E-state index contributed by atoms with van der Waals surface area (Å²) < 4.78 is 5.20. The summed E-state index contributed by atoms with van der Waals surface area (Å²) in [5, 5.41) is 8.71. The summed E-state index contributed by atoms with van der Waals surface area (Å²) in [6, 6.07) is 3.52. The molecule has 0 atom stereocenters. The molecule has 1 aromatic rings. The summed E-state index contributed by atoms with van der Waals surface area (Å²) in [6.45, 7) is 2.56. The van der Waals surface area contributed by atoms with Crippen molar-refractivity contribution in [2.75, 3.05) is 13.1 Å². The minimum absolute atomic E-state index is 0.00344. The Morgan fingerprint density at radius 1 is 1.50 bits per heavy atom. The highest BCUT2D eigenvalue weighted by Gasteiger charge is 2.17. The lowest BCUT2D eigenvalue weighted by molar-refractivity contribution is 0.0657. The van der Waals surface area contributed by atoms with E-state index < -0.39 is 5.97 Å². The maximum atomic E-state index is 10.6. The van der Waals surface area contributed by atoms with Crippen LogP contribution >= 0.6 is 0 Å². The molecule has 0 amide bonds. The van der Waals surface area contributed by atoms with Crippen LogP contribution in [-0.2, 0) is 6.54 Å². The molecule has 1 saturated heterocycles. The van der Waals surface area contributed by atoms with Gasteiger partial charge < -0.3 is 15.3 Å². The SMILES string of the molecule is NC1CCN(Cc2ccc(C(=O)O)o2)CC1. The van der Waals surface area contributed by atoms with Crippen molar-refractivity contribution in [3.05, 3.63) is 23.7 Å². The first-order valence-corrected chi connectivity index (χ1v) is 5.45. The van der Waals surface area contributed by atoms with E-state index in [-0.39, 0.29) is 5.76 Å². The summed E-state index contributed by atoms with van der Waals surface area (Å²) in [7, 11) is 0. The third kappa shape index (κ3) is 2.62. The van der Waals surface area contributed by atoms with Crippen molar-refractivity contribution in [2.24, 2.45) is 5.73 Å². The van der Waals surface area contributed by atoms with Gasteiger partial charge >= 0.3 is 5.97 Å². The van der Waals surface area contributed by atoms with E-state index >= 15 is 0 Å². The van der Waals surface area contributed by atoms with Crippen LogP contribution in [0.15, 0.2) is 16.5 Å². The minimum atomic E-state index is -1.02. The van der Waals surface area contributed by atoms with Crippen LogP contribution in [0.25, 0.3) is 0 Å². The zero-order valence-electron chi connectivity index (χ0n) is 9.06. The maximum absolute atomic E-state index is 10.6. The number of aromatic carboxylic acids is 1. The Kier molecular flexibility index (Phi) is 3.26. The molecule has 2 heterocycles. The van der Waals surface area contributed by atoms with Crippen molar-refractivity contribution in [3.63, 3.8) is 0 Å². The van der Waals surface area contributed by atoms with E-state index in [1.807, 2.05) is 0 Å². The second-order valence-electron chi connectivity index (χ2n) is 4.18. The molecule has 3 N–H and O–H groups in total. The number of likely N-dealkylation sites (tertiary alicyclic amines) is 1. The van der Waals surface area contributed by atoms with Gasteiger partial charge in [0.15, 0.2) is 0 Å². The lowest BCUT2D eigenvalue weighted by atomic mass is 10.1. The van der Waals surface area contributed by atoms with Gasteiger partial charge in [-0.25, -0.2) is 4.79 Å². The molecule has 0 radical (unpaired) electrons. The van der Waals surface area contributed by atoms with Crippen molar-refractivity contribution >= 4 is 5.97 Å². The molecule has 0 aromatic carbocycles. The molecule has 5 nitrogen and oxygen atoms in total. The van der Waals surface area contributed by atoms with Crippen LogP contribution in [0.4, 0.5) is 0 Å². The third-order valence-corrected chi connectivity index (χ3v) is 2.88. The van der Waals surface area contributed by atoms with Gasteiger partial charge in [0, 0.05) is 19.1 Å². The normalized spacial score (nSPS) is 18.8. The van der Waals surface area contributed by atoms with Crippen LogP contribution in [0.3, 0.4) is 0 Å². The molecule has 1 aliphatic rings. The van der Waals surface area contributed by atoms with Gasteiger partial charge in [0.1, 0.15) is 5.76 Å². The van der Waals surface area contributed by atoms with E-state index in [9.17, 15) is 4.79 Å². The number of rotatable bonds is 3. The van der Waals surface area contributed by atoms with Crippen molar-refractivity contribution in [1.29, 1.82) is 0 Å². The Hall–Kier alpha value is -1.33. The zero-order valence-corrected chi connectivity index (χ0v) is 9.06. The monoisotopic (exact) mass is 224 g/mol. The molecule has 5 heteroatoms. The molecule has 0 saturated carbocycles. The molecule has 2 rings (SSSR count). The Labute approximate surface area is 93.8 Å². The number of carboxylic acids is 1. The van der Waals surface area contributed by atoms with Gasteiger partial charge in [-0.15, -0.1) is 0 Å². The van der Waals surface area contributed by atoms with Crippen molar-refractivity contribution < 1.29 is 14.3 Å². The molecule has 0 aliphatic carbocycles. The fourth-order valence-corrected chi connectivity index (χ4v) is 1.91. The second-order valence-corrected chi connectivity index (χ2v) is 4.18. The third-order valence-electron chi connectivity index (χ3n) is 2.88. The highest BCUT2D eigenvalue weighted by molar-refractivity contribution is 5.84. The topological polar surface area (TPSA) is 79.7 Å². The van der Waals surface area contributed by atoms with Gasteiger partial charge in [0.2, 0.25) is 5.76 Å². The minimum Gasteiger partial charge on any atom is -0.475 e. The molecule has 0 spiro atoms. The van der Waals surface area contributed by atoms with Gasteiger partial charge in [-0.2, -0.15) is 0 Å². The summed E-state index contributed by atoms with van der Waals surface area (Å²) in [4.78, 5) is 12.9. The van der Waals surface area contributed by atoms with E-state index in [1.165, 1.54) is 6.07 Å². The van der Waals surface area contributed by atoms with Crippen molar-refractivity contribution in [1.82, 2.24) is 4.90 Å². The molecule has 0 bridgehead atoms. The van der Waals surface area contributed by atoms with Gasteiger partial charge in [0.25, 0.3) is 0 Å². The smallest absolute Gasteiger partial charge is 0.371 e. The summed E-state index contributed by atoms with van der Waals surface area (Å²) >= 11 is 0. The van der Waals surface area contributed by atoms with Crippen LogP contribution in [0.5, 0.6) is 0 Å². The number of carbonyl (C=O) groups is 1. The number of piperidine rings is 1. The first-order valence-electron chi connectivity index (χ1n) is 5.45. The number of carboxylic acid groups (broad SMARTS) is 1. The second kappa shape index (κ2) is 4.67. The summed E-state index contributed by atoms with van der Waals surface area (Å²) in [5.74, 6) is -0.316. The lowest BCUT2D eigenvalue weighted by Gasteiger charge is -2.29. The average molecular weight is 224 g/mol. The lowest BCUT2D eigenvalue weighted by Crippen LogP contribution is -2.39. The molecular weight excluding hydrogens is 208 g/mol. The molecule has 16 heavy (non-hydrogen) atoms. The Bertz CT molecular complexity index is 367. The highest BCUT2D eigenvalue weighted by atomic mass is 16.4. The number of hydrogen-bond acceptors (Lipinski definition) is 4. The standard InChI is InChI=1S/C11H16N2O3/c12-8-3-5-13(6-4-8)7-9-1-2-10(16-9)11(14)15/h1-2,8H,3-7,12H2,(H,14,15). The molecule has 1 aromatic heterocycles. The van der Waals surface area contributed by atoms with Gasteiger partial charge in [0.05, 0.1) is 6.54 Å². The maximum Gasteiger partial charge on any atom is 0.371 e. The van der Waals surface area contributed by atoms with Crippen molar-refractivity contribution in [2.45, 2.75) is 25.4 Å². The Morgan fingerprint density at radius 2 is 2.19 bits per heavy atom. The quantitative estimate of drug-likeness (QED) is 0.797. The van der Waals surface area contributed by atoms with Crippen LogP contribution in [-0.4, -0.2) is 35.1 Å².